The van der Waals surface area contributed by atoms with Crippen LogP contribution >= 0.6 is 11.6 Å². The maximum absolute atomic E-state index is 12.2. The number of carbonyl (C=O) groups excluding carboxylic acids is 1. The van der Waals surface area contributed by atoms with Gasteiger partial charge >= 0.3 is 6.18 Å². The molecule has 0 aliphatic heterocycles. The van der Waals surface area contributed by atoms with E-state index in [1.54, 1.807) is 5.43 Å². The number of hydrogen-bond donors (Lipinski definition) is 2. The molecular formula is C7H5ClF3N3O. The first-order chi connectivity index (χ1) is 6.86. The van der Waals surface area contributed by atoms with E-state index in [1.165, 1.54) is 0 Å². The van der Waals surface area contributed by atoms with Crippen LogP contribution in [0.5, 0.6) is 0 Å². The van der Waals surface area contributed by atoms with Gasteiger partial charge in [0.15, 0.2) is 0 Å². The number of aromatic nitrogens is 1. The van der Waals surface area contributed by atoms with Crippen molar-refractivity contribution in [3.63, 3.8) is 0 Å². The average molecular weight is 240 g/mol. The zero-order valence-electron chi connectivity index (χ0n) is 7.10. The van der Waals surface area contributed by atoms with Crippen LogP contribution in [0.25, 0.3) is 0 Å². The number of alkyl halides is 3. The fraction of sp³-hybridized carbons (Fsp3) is 0.143. The van der Waals surface area contributed by atoms with E-state index >= 15 is 0 Å². The highest BCUT2D eigenvalue weighted by Gasteiger charge is 2.34. The maximum atomic E-state index is 12.2. The van der Waals surface area contributed by atoms with Crippen LogP contribution in [0.4, 0.5) is 13.2 Å². The normalized spacial score (nSPS) is 11.3. The summed E-state index contributed by atoms with van der Waals surface area (Å²) in [4.78, 5) is 14.2. The van der Waals surface area contributed by atoms with E-state index in [2.05, 4.69) is 4.98 Å². The number of carbonyl (C=O) groups is 1. The summed E-state index contributed by atoms with van der Waals surface area (Å²) in [5.41, 5.74) is 0.344. The van der Waals surface area contributed by atoms with Gasteiger partial charge in [0, 0.05) is 6.20 Å². The standard InChI is InChI=1S/C7H5ClF3N3O/c8-4-1-5(6(15)14-12)13-2-3(4)7(9,10)11/h1-2H,12H2,(H,14,15). The number of nitrogens with one attached hydrogen (secondary N) is 1. The molecule has 0 spiro atoms. The number of hydrogen-bond acceptors (Lipinski definition) is 3. The molecule has 1 amide bonds. The van der Waals surface area contributed by atoms with E-state index < -0.39 is 22.7 Å². The summed E-state index contributed by atoms with van der Waals surface area (Å²) < 4.78 is 36.6. The lowest BCUT2D eigenvalue weighted by atomic mass is 10.2. The van der Waals surface area contributed by atoms with Crippen molar-refractivity contribution >= 4 is 17.5 Å². The van der Waals surface area contributed by atoms with Gasteiger partial charge in [-0.1, -0.05) is 11.6 Å². The van der Waals surface area contributed by atoms with E-state index in [0.717, 1.165) is 6.07 Å². The van der Waals surface area contributed by atoms with Gasteiger partial charge in [-0.05, 0) is 6.07 Å². The maximum Gasteiger partial charge on any atom is 0.419 e. The average Bonchev–Trinajstić information content (AvgIpc) is 2.14. The molecule has 0 saturated carbocycles. The van der Waals surface area contributed by atoms with Gasteiger partial charge in [-0.15, -0.1) is 0 Å². The summed E-state index contributed by atoms with van der Waals surface area (Å²) in [6.45, 7) is 0. The van der Waals surface area contributed by atoms with Crippen molar-refractivity contribution in [2.24, 2.45) is 5.84 Å². The molecule has 15 heavy (non-hydrogen) atoms. The lowest BCUT2D eigenvalue weighted by molar-refractivity contribution is -0.137. The minimum Gasteiger partial charge on any atom is -0.289 e. The van der Waals surface area contributed by atoms with Crippen LogP contribution in [0.2, 0.25) is 5.02 Å². The molecule has 3 N–H and O–H groups in total. The van der Waals surface area contributed by atoms with Crippen LogP contribution < -0.4 is 11.3 Å². The second kappa shape index (κ2) is 4.03. The Balaban J connectivity index is 3.15. The van der Waals surface area contributed by atoms with Gasteiger partial charge in [0.05, 0.1) is 10.6 Å². The van der Waals surface area contributed by atoms with Gasteiger partial charge in [-0.25, -0.2) is 5.84 Å². The van der Waals surface area contributed by atoms with Crippen molar-refractivity contribution in [3.05, 3.63) is 28.5 Å². The van der Waals surface area contributed by atoms with E-state index in [0.29, 0.717) is 6.20 Å². The van der Waals surface area contributed by atoms with Gasteiger partial charge in [-0.2, -0.15) is 13.2 Å². The van der Waals surface area contributed by atoms with E-state index in [9.17, 15) is 18.0 Å². The van der Waals surface area contributed by atoms with Gasteiger partial charge in [0.2, 0.25) is 0 Å². The topological polar surface area (TPSA) is 68.0 Å². The Labute approximate surface area is 87.2 Å². The number of nitrogen functional groups attached to an aromatic ring is 1. The summed E-state index contributed by atoms with van der Waals surface area (Å²) >= 11 is 5.33. The van der Waals surface area contributed by atoms with E-state index in [1.807, 2.05) is 0 Å². The molecule has 1 rings (SSSR count). The van der Waals surface area contributed by atoms with Gasteiger partial charge in [0.1, 0.15) is 5.69 Å². The summed E-state index contributed by atoms with van der Waals surface area (Å²) in [6, 6.07) is 0.798. The number of amides is 1. The first-order valence-electron chi connectivity index (χ1n) is 3.60. The molecule has 1 aromatic rings. The zero-order chi connectivity index (χ0) is 11.6. The molecular weight excluding hydrogens is 235 g/mol. The predicted molar refractivity (Wildman–Crippen MR) is 45.9 cm³/mol. The van der Waals surface area contributed by atoms with Crippen molar-refractivity contribution in [2.45, 2.75) is 6.18 Å². The number of halogens is 4. The number of nitrogens with two attached hydrogens (primary N) is 1. The quantitative estimate of drug-likeness (QED) is 0.442. The molecule has 82 valence electrons. The molecule has 1 aromatic heterocycles. The molecule has 0 fully saturated rings. The molecule has 1 heterocycles. The summed E-state index contributed by atoms with van der Waals surface area (Å²) in [5, 5.41) is -0.601. The first-order valence-corrected chi connectivity index (χ1v) is 3.97. The molecule has 8 heteroatoms. The molecule has 0 aliphatic rings. The Bertz CT molecular complexity index is 394. The predicted octanol–water partition coefficient (Wildman–Crippen LogP) is 1.36. The minimum atomic E-state index is -4.60. The molecule has 0 radical (unpaired) electrons. The van der Waals surface area contributed by atoms with E-state index in [-0.39, 0.29) is 5.69 Å². The summed E-state index contributed by atoms with van der Waals surface area (Å²) in [6.07, 6.45) is -4.12. The summed E-state index contributed by atoms with van der Waals surface area (Å²) in [7, 11) is 0. The molecule has 0 aromatic carbocycles. The van der Waals surface area contributed by atoms with Crippen molar-refractivity contribution in [2.75, 3.05) is 0 Å². The van der Waals surface area contributed by atoms with Gasteiger partial charge in [-0.3, -0.25) is 15.2 Å². The Hall–Kier alpha value is -1.34. The van der Waals surface area contributed by atoms with Crippen LogP contribution in [0, 0.1) is 0 Å². The van der Waals surface area contributed by atoms with Gasteiger partial charge < -0.3 is 0 Å². The highest BCUT2D eigenvalue weighted by molar-refractivity contribution is 6.31. The van der Waals surface area contributed by atoms with Crippen molar-refractivity contribution in [1.29, 1.82) is 0 Å². The first kappa shape index (κ1) is 11.7. The van der Waals surface area contributed by atoms with Crippen LogP contribution in [-0.4, -0.2) is 10.9 Å². The van der Waals surface area contributed by atoms with Crippen molar-refractivity contribution < 1.29 is 18.0 Å². The molecule has 0 aliphatic carbocycles. The van der Waals surface area contributed by atoms with E-state index in [4.69, 9.17) is 17.4 Å². The third kappa shape index (κ3) is 2.57. The SMILES string of the molecule is NNC(=O)c1cc(Cl)c(C(F)(F)F)cn1. The Morgan fingerprint density at radius 2 is 2.13 bits per heavy atom. The Morgan fingerprint density at radius 1 is 1.53 bits per heavy atom. The monoisotopic (exact) mass is 239 g/mol. The Morgan fingerprint density at radius 3 is 2.53 bits per heavy atom. The highest BCUT2D eigenvalue weighted by Crippen LogP contribution is 2.34. The number of pyridine rings is 1. The van der Waals surface area contributed by atoms with Crippen molar-refractivity contribution in [1.82, 2.24) is 10.4 Å². The molecule has 0 bridgehead atoms. The molecule has 4 nitrogen and oxygen atoms in total. The number of hydrazine groups is 1. The molecule has 0 saturated heterocycles. The van der Waals surface area contributed by atoms with Crippen molar-refractivity contribution in [3.8, 4) is 0 Å². The van der Waals surface area contributed by atoms with Crippen LogP contribution in [0.3, 0.4) is 0 Å². The third-order valence-electron chi connectivity index (χ3n) is 1.52. The molecule has 0 unspecified atom stereocenters. The minimum absolute atomic E-state index is 0.282. The van der Waals surface area contributed by atoms with Crippen LogP contribution in [0.1, 0.15) is 16.1 Å². The Kier molecular flexibility index (Phi) is 3.15. The fourth-order valence-corrected chi connectivity index (χ4v) is 1.10. The lowest BCUT2D eigenvalue weighted by Gasteiger charge is -2.08. The highest BCUT2D eigenvalue weighted by atomic mass is 35.5. The van der Waals surface area contributed by atoms with Crippen LogP contribution in [-0.2, 0) is 6.18 Å². The van der Waals surface area contributed by atoms with Gasteiger partial charge in [0.25, 0.3) is 5.91 Å². The third-order valence-corrected chi connectivity index (χ3v) is 1.84. The largest absolute Gasteiger partial charge is 0.419 e. The number of nitrogens with zero attached hydrogens (tertiary/aromatic N) is 1. The second-order valence-corrected chi connectivity index (χ2v) is 2.93. The fourth-order valence-electron chi connectivity index (χ4n) is 0.838. The summed E-state index contributed by atoms with van der Waals surface area (Å²) in [5.74, 6) is 3.96. The molecule has 0 atom stereocenters. The second-order valence-electron chi connectivity index (χ2n) is 2.52. The smallest absolute Gasteiger partial charge is 0.289 e. The lowest BCUT2D eigenvalue weighted by Crippen LogP contribution is -2.30. The van der Waals surface area contributed by atoms with Crippen LogP contribution in [0.15, 0.2) is 12.3 Å². The zero-order valence-corrected chi connectivity index (χ0v) is 7.86. The number of rotatable bonds is 1.